The molecule has 0 bridgehead atoms. The Balaban J connectivity index is 2.12. The molecule has 0 saturated carbocycles. The summed E-state index contributed by atoms with van der Waals surface area (Å²) in [4.78, 5) is 4.72. The highest BCUT2D eigenvalue weighted by molar-refractivity contribution is 5.54. The second-order valence-corrected chi connectivity index (χ2v) is 4.40. The first kappa shape index (κ1) is 12.3. The quantitative estimate of drug-likeness (QED) is 0.863. The van der Waals surface area contributed by atoms with E-state index in [0.717, 1.165) is 44.0 Å². The summed E-state index contributed by atoms with van der Waals surface area (Å²) in [5.41, 5.74) is 7.66. The van der Waals surface area contributed by atoms with Crippen LogP contribution in [0, 0.1) is 5.82 Å². The van der Waals surface area contributed by atoms with Crippen LogP contribution in [0.15, 0.2) is 18.2 Å². The lowest BCUT2D eigenvalue weighted by atomic mass is 10.1. The topological polar surface area (TPSA) is 32.5 Å². The maximum absolute atomic E-state index is 13.1. The Bertz CT molecular complexity index is 373. The molecular formula is C13H20FN3. The van der Waals surface area contributed by atoms with E-state index >= 15 is 0 Å². The van der Waals surface area contributed by atoms with E-state index in [9.17, 15) is 4.39 Å². The molecule has 1 aliphatic heterocycles. The third-order valence-corrected chi connectivity index (χ3v) is 3.42. The van der Waals surface area contributed by atoms with Crippen LogP contribution >= 0.6 is 0 Å². The van der Waals surface area contributed by atoms with Crippen LogP contribution in [-0.2, 0) is 6.54 Å². The van der Waals surface area contributed by atoms with E-state index in [-0.39, 0.29) is 5.82 Å². The smallest absolute Gasteiger partial charge is 0.123 e. The Morgan fingerprint density at radius 3 is 2.53 bits per heavy atom. The molecule has 2 N–H and O–H groups in total. The molecule has 0 atom stereocenters. The highest BCUT2D eigenvalue weighted by atomic mass is 19.1. The highest BCUT2D eigenvalue weighted by Gasteiger charge is 2.17. The van der Waals surface area contributed by atoms with Gasteiger partial charge < -0.3 is 15.5 Å². The molecule has 94 valence electrons. The van der Waals surface area contributed by atoms with E-state index in [4.69, 9.17) is 5.73 Å². The van der Waals surface area contributed by atoms with Crippen molar-refractivity contribution in [3.05, 3.63) is 29.6 Å². The van der Waals surface area contributed by atoms with Crippen molar-refractivity contribution in [2.75, 3.05) is 37.6 Å². The van der Waals surface area contributed by atoms with E-state index in [1.807, 2.05) is 6.07 Å². The van der Waals surface area contributed by atoms with E-state index < -0.39 is 0 Å². The molecule has 0 aliphatic carbocycles. The Kier molecular flexibility index (Phi) is 3.97. The standard InChI is InChI=1S/C13H20FN3/c1-2-16-5-7-17(8-6-16)13-4-3-12(14)9-11(13)10-15/h3-4,9H,2,5-8,10,15H2,1H3. The van der Waals surface area contributed by atoms with Crippen LogP contribution in [0.2, 0.25) is 0 Å². The van der Waals surface area contributed by atoms with Crippen molar-refractivity contribution in [3.8, 4) is 0 Å². The summed E-state index contributed by atoms with van der Waals surface area (Å²) in [7, 11) is 0. The average Bonchev–Trinajstić information content (AvgIpc) is 2.39. The molecule has 1 aliphatic rings. The maximum Gasteiger partial charge on any atom is 0.123 e. The number of nitrogens with zero attached hydrogens (tertiary/aromatic N) is 2. The van der Waals surface area contributed by atoms with Crippen molar-refractivity contribution < 1.29 is 4.39 Å². The monoisotopic (exact) mass is 237 g/mol. The minimum atomic E-state index is -0.207. The second kappa shape index (κ2) is 5.47. The lowest BCUT2D eigenvalue weighted by molar-refractivity contribution is 0.271. The fourth-order valence-corrected chi connectivity index (χ4v) is 2.33. The number of anilines is 1. The number of halogens is 1. The number of benzene rings is 1. The molecule has 17 heavy (non-hydrogen) atoms. The summed E-state index contributed by atoms with van der Waals surface area (Å²) >= 11 is 0. The summed E-state index contributed by atoms with van der Waals surface area (Å²) in [5, 5.41) is 0. The highest BCUT2D eigenvalue weighted by Crippen LogP contribution is 2.22. The fraction of sp³-hybridized carbons (Fsp3) is 0.538. The largest absolute Gasteiger partial charge is 0.369 e. The molecule has 0 spiro atoms. The average molecular weight is 237 g/mol. The van der Waals surface area contributed by atoms with E-state index in [1.54, 1.807) is 6.07 Å². The fourth-order valence-electron chi connectivity index (χ4n) is 2.33. The van der Waals surface area contributed by atoms with Crippen LogP contribution < -0.4 is 10.6 Å². The summed E-state index contributed by atoms with van der Waals surface area (Å²) in [5.74, 6) is -0.207. The van der Waals surface area contributed by atoms with Gasteiger partial charge in [0.15, 0.2) is 0 Å². The number of likely N-dealkylation sites (N-methyl/N-ethyl adjacent to an activating group) is 1. The van der Waals surface area contributed by atoms with Crippen LogP contribution in [0.3, 0.4) is 0 Å². The number of piperazine rings is 1. The molecule has 1 fully saturated rings. The van der Waals surface area contributed by atoms with Crippen LogP contribution in [0.1, 0.15) is 12.5 Å². The first-order chi connectivity index (χ1) is 8.24. The van der Waals surface area contributed by atoms with Crippen molar-refractivity contribution in [2.45, 2.75) is 13.5 Å². The summed E-state index contributed by atoms with van der Waals surface area (Å²) in [6.07, 6.45) is 0. The molecule has 1 heterocycles. The molecule has 0 aromatic heterocycles. The minimum absolute atomic E-state index is 0.207. The molecule has 0 unspecified atom stereocenters. The van der Waals surface area contributed by atoms with Gasteiger partial charge >= 0.3 is 0 Å². The Morgan fingerprint density at radius 1 is 1.24 bits per heavy atom. The Hall–Kier alpha value is -1.13. The lowest BCUT2D eigenvalue weighted by Gasteiger charge is -2.36. The molecule has 1 aromatic carbocycles. The normalized spacial score (nSPS) is 17.5. The first-order valence-corrected chi connectivity index (χ1v) is 6.20. The van der Waals surface area contributed by atoms with E-state index in [2.05, 4.69) is 16.7 Å². The van der Waals surface area contributed by atoms with Gasteiger partial charge in [0.1, 0.15) is 5.82 Å². The molecule has 4 heteroatoms. The third kappa shape index (κ3) is 2.76. The number of hydrogen-bond acceptors (Lipinski definition) is 3. The van der Waals surface area contributed by atoms with Gasteiger partial charge in [0.2, 0.25) is 0 Å². The predicted molar refractivity (Wildman–Crippen MR) is 68.6 cm³/mol. The summed E-state index contributed by atoms with van der Waals surface area (Å²) < 4.78 is 13.1. The SMILES string of the molecule is CCN1CCN(c2ccc(F)cc2CN)CC1. The summed E-state index contributed by atoms with van der Waals surface area (Å²) in [6, 6.07) is 4.90. The summed E-state index contributed by atoms with van der Waals surface area (Å²) in [6.45, 7) is 7.79. The second-order valence-electron chi connectivity index (χ2n) is 4.40. The molecule has 3 nitrogen and oxygen atoms in total. The van der Waals surface area contributed by atoms with Gasteiger partial charge in [-0.05, 0) is 30.3 Å². The first-order valence-electron chi connectivity index (χ1n) is 6.20. The van der Waals surface area contributed by atoms with Gasteiger partial charge in [-0.1, -0.05) is 6.92 Å². The van der Waals surface area contributed by atoms with E-state index in [1.165, 1.54) is 6.07 Å². The minimum Gasteiger partial charge on any atom is -0.369 e. The third-order valence-electron chi connectivity index (χ3n) is 3.42. The molecule has 0 amide bonds. The molecular weight excluding hydrogens is 217 g/mol. The van der Waals surface area contributed by atoms with Crippen molar-refractivity contribution in [1.29, 1.82) is 0 Å². The number of hydrogen-bond donors (Lipinski definition) is 1. The zero-order valence-corrected chi connectivity index (χ0v) is 10.3. The zero-order valence-electron chi connectivity index (χ0n) is 10.3. The van der Waals surface area contributed by atoms with Crippen LogP contribution in [0.25, 0.3) is 0 Å². The lowest BCUT2D eigenvalue weighted by Crippen LogP contribution is -2.46. The van der Waals surface area contributed by atoms with Gasteiger partial charge in [-0.15, -0.1) is 0 Å². The van der Waals surface area contributed by atoms with Crippen molar-refractivity contribution in [3.63, 3.8) is 0 Å². The number of nitrogens with two attached hydrogens (primary N) is 1. The number of rotatable bonds is 3. The molecule has 2 rings (SSSR count). The van der Waals surface area contributed by atoms with Gasteiger partial charge in [0.25, 0.3) is 0 Å². The van der Waals surface area contributed by atoms with Crippen molar-refractivity contribution in [1.82, 2.24) is 4.90 Å². The maximum atomic E-state index is 13.1. The van der Waals surface area contributed by atoms with Crippen LogP contribution in [0.4, 0.5) is 10.1 Å². The zero-order chi connectivity index (χ0) is 12.3. The molecule has 1 aromatic rings. The van der Waals surface area contributed by atoms with Crippen LogP contribution in [0.5, 0.6) is 0 Å². The van der Waals surface area contributed by atoms with Gasteiger partial charge in [0.05, 0.1) is 0 Å². The van der Waals surface area contributed by atoms with Gasteiger partial charge in [-0.2, -0.15) is 0 Å². The predicted octanol–water partition coefficient (Wildman–Crippen LogP) is 1.43. The Labute approximate surface area is 102 Å². The van der Waals surface area contributed by atoms with E-state index in [0.29, 0.717) is 6.54 Å². The van der Waals surface area contributed by atoms with Gasteiger partial charge in [-0.25, -0.2) is 4.39 Å². The Morgan fingerprint density at radius 2 is 1.94 bits per heavy atom. The van der Waals surface area contributed by atoms with Crippen molar-refractivity contribution in [2.24, 2.45) is 5.73 Å². The molecule has 1 saturated heterocycles. The van der Waals surface area contributed by atoms with Crippen molar-refractivity contribution >= 4 is 5.69 Å². The van der Waals surface area contributed by atoms with Crippen LogP contribution in [-0.4, -0.2) is 37.6 Å². The van der Waals surface area contributed by atoms with Gasteiger partial charge in [0, 0.05) is 38.4 Å². The van der Waals surface area contributed by atoms with Gasteiger partial charge in [-0.3, -0.25) is 0 Å². The molecule has 0 radical (unpaired) electrons.